The van der Waals surface area contributed by atoms with Gasteiger partial charge in [-0.1, -0.05) is 30.3 Å². The van der Waals surface area contributed by atoms with Gasteiger partial charge in [-0.15, -0.1) is 0 Å². The summed E-state index contributed by atoms with van der Waals surface area (Å²) in [5.74, 6) is -0.148. The summed E-state index contributed by atoms with van der Waals surface area (Å²) in [5.41, 5.74) is 4.24. The van der Waals surface area contributed by atoms with Crippen molar-refractivity contribution >= 4 is 28.8 Å². The van der Waals surface area contributed by atoms with Crippen LogP contribution in [-0.4, -0.2) is 49.1 Å². The van der Waals surface area contributed by atoms with Crippen molar-refractivity contribution in [3.8, 4) is 22.8 Å². The van der Waals surface area contributed by atoms with Gasteiger partial charge in [0.25, 0.3) is 5.91 Å². The van der Waals surface area contributed by atoms with Crippen LogP contribution in [0.1, 0.15) is 24.0 Å². The van der Waals surface area contributed by atoms with Crippen LogP contribution in [0, 0.1) is 5.82 Å². The SMILES string of the molecule is CNC(=O)[C@@H](CCCNC(=O)OCc1ccccc1)NC(=O)COc1ccc2c(c1)OCc1c-2[nH]c2ccc(F)cc12. The number of likely N-dealkylation sites (N-methyl/N-ethyl adjacent to an activating group) is 1. The molecule has 0 radical (unpaired) electrons. The number of fused-ring (bicyclic) bond motifs is 5. The predicted octanol–water partition coefficient (Wildman–Crippen LogP) is 4.18. The molecule has 218 valence electrons. The predicted molar refractivity (Wildman–Crippen MR) is 153 cm³/mol. The molecule has 42 heavy (non-hydrogen) atoms. The van der Waals surface area contributed by atoms with Crippen molar-refractivity contribution in [1.82, 2.24) is 20.9 Å². The second kappa shape index (κ2) is 13.1. The molecule has 2 heterocycles. The van der Waals surface area contributed by atoms with E-state index in [0.29, 0.717) is 24.3 Å². The van der Waals surface area contributed by atoms with E-state index < -0.39 is 18.0 Å². The minimum absolute atomic E-state index is 0.158. The monoisotopic (exact) mass is 574 g/mol. The maximum atomic E-state index is 13.8. The Morgan fingerprint density at radius 3 is 2.71 bits per heavy atom. The number of benzene rings is 3. The van der Waals surface area contributed by atoms with Crippen LogP contribution in [0.25, 0.3) is 22.2 Å². The zero-order valence-electron chi connectivity index (χ0n) is 23.0. The number of hydrogen-bond acceptors (Lipinski definition) is 6. The fraction of sp³-hybridized carbons (Fsp3) is 0.258. The fourth-order valence-corrected chi connectivity index (χ4v) is 4.77. The van der Waals surface area contributed by atoms with Gasteiger partial charge in [0.2, 0.25) is 5.91 Å². The average Bonchev–Trinajstić information content (AvgIpc) is 3.38. The Morgan fingerprint density at radius 2 is 1.90 bits per heavy atom. The molecule has 3 aromatic carbocycles. The molecule has 10 nitrogen and oxygen atoms in total. The van der Waals surface area contributed by atoms with Crippen LogP contribution in [0.15, 0.2) is 66.7 Å². The van der Waals surface area contributed by atoms with Crippen molar-refractivity contribution in [1.29, 1.82) is 0 Å². The molecule has 1 aliphatic rings. The van der Waals surface area contributed by atoms with Gasteiger partial charge in [-0.2, -0.15) is 0 Å². The molecule has 11 heteroatoms. The Labute approximate surface area is 241 Å². The molecule has 1 aliphatic heterocycles. The van der Waals surface area contributed by atoms with E-state index in [9.17, 15) is 18.8 Å². The van der Waals surface area contributed by atoms with Crippen LogP contribution in [0.2, 0.25) is 0 Å². The largest absolute Gasteiger partial charge is 0.488 e. The molecule has 0 fully saturated rings. The van der Waals surface area contributed by atoms with E-state index in [2.05, 4.69) is 20.9 Å². The normalized spacial score (nSPS) is 12.3. The smallest absolute Gasteiger partial charge is 0.407 e. The van der Waals surface area contributed by atoms with Crippen molar-refractivity contribution in [3.63, 3.8) is 0 Å². The molecule has 1 aromatic heterocycles. The lowest BCUT2D eigenvalue weighted by Gasteiger charge is -2.20. The highest BCUT2D eigenvalue weighted by Crippen LogP contribution is 2.42. The summed E-state index contributed by atoms with van der Waals surface area (Å²) in [7, 11) is 1.49. The number of aromatic nitrogens is 1. The van der Waals surface area contributed by atoms with Crippen LogP contribution in [0.4, 0.5) is 9.18 Å². The fourth-order valence-electron chi connectivity index (χ4n) is 4.77. The molecular formula is C31H31FN4O6. The van der Waals surface area contributed by atoms with Gasteiger partial charge in [0.15, 0.2) is 6.61 Å². The molecule has 0 aliphatic carbocycles. The number of H-pyrrole nitrogens is 1. The van der Waals surface area contributed by atoms with Crippen molar-refractivity contribution in [2.75, 3.05) is 20.2 Å². The van der Waals surface area contributed by atoms with E-state index in [0.717, 1.165) is 33.3 Å². The summed E-state index contributed by atoms with van der Waals surface area (Å²) in [6.45, 7) is 0.386. The van der Waals surface area contributed by atoms with Gasteiger partial charge in [0, 0.05) is 41.7 Å². The van der Waals surface area contributed by atoms with Crippen LogP contribution >= 0.6 is 0 Å². The zero-order chi connectivity index (χ0) is 29.5. The number of carbonyl (C=O) groups excluding carboxylic acids is 3. The molecule has 4 aromatic rings. The van der Waals surface area contributed by atoms with Gasteiger partial charge in [-0.05, 0) is 48.7 Å². The zero-order valence-corrected chi connectivity index (χ0v) is 23.0. The Balaban J connectivity index is 1.10. The summed E-state index contributed by atoms with van der Waals surface area (Å²) >= 11 is 0. The average molecular weight is 575 g/mol. The molecule has 0 saturated heterocycles. The van der Waals surface area contributed by atoms with Crippen LogP contribution < -0.4 is 25.4 Å². The van der Waals surface area contributed by atoms with Crippen molar-refractivity contribution in [2.45, 2.75) is 32.1 Å². The molecule has 3 amide bonds. The van der Waals surface area contributed by atoms with Crippen LogP contribution in [0.5, 0.6) is 11.5 Å². The highest BCUT2D eigenvalue weighted by Gasteiger charge is 2.23. The lowest BCUT2D eigenvalue weighted by Crippen LogP contribution is -2.47. The lowest BCUT2D eigenvalue weighted by atomic mass is 10.0. The molecule has 0 bridgehead atoms. The summed E-state index contributed by atoms with van der Waals surface area (Å²) in [4.78, 5) is 40.2. The van der Waals surface area contributed by atoms with Gasteiger partial charge in [-0.3, -0.25) is 9.59 Å². The maximum absolute atomic E-state index is 13.8. The van der Waals surface area contributed by atoms with Crippen molar-refractivity contribution in [3.05, 3.63) is 83.7 Å². The number of ether oxygens (including phenoxy) is 3. The number of alkyl carbamates (subject to hydrolysis) is 1. The standard InChI is InChI=1S/C31H31FN4O6/c1-33-30(38)26(8-5-13-34-31(39)42-16-19-6-3-2-4-7-19)35-28(37)18-40-21-10-11-22-27(15-21)41-17-24-23-14-20(32)9-12-25(23)36-29(22)24/h2-4,6-7,9-12,14-15,26,36H,5,8,13,16-18H2,1H3,(H,33,38)(H,34,39)(H,35,37)/t26-/m1/s1. The molecule has 1 atom stereocenters. The maximum Gasteiger partial charge on any atom is 0.407 e. The number of amides is 3. The first-order valence-electron chi connectivity index (χ1n) is 13.6. The second-order valence-corrected chi connectivity index (χ2v) is 9.77. The minimum atomic E-state index is -0.801. The van der Waals surface area contributed by atoms with E-state index in [1.807, 2.05) is 36.4 Å². The van der Waals surface area contributed by atoms with Crippen LogP contribution in [0.3, 0.4) is 0 Å². The van der Waals surface area contributed by atoms with Gasteiger partial charge in [-0.25, -0.2) is 9.18 Å². The van der Waals surface area contributed by atoms with E-state index in [1.54, 1.807) is 18.2 Å². The summed E-state index contributed by atoms with van der Waals surface area (Å²) in [6, 6.07) is 18.3. The van der Waals surface area contributed by atoms with Crippen LogP contribution in [-0.2, 0) is 27.5 Å². The summed E-state index contributed by atoms with van der Waals surface area (Å²) in [5, 5.41) is 8.64. The Kier molecular flexibility index (Phi) is 8.86. The summed E-state index contributed by atoms with van der Waals surface area (Å²) in [6.07, 6.45) is 0.175. The minimum Gasteiger partial charge on any atom is -0.488 e. The molecule has 0 saturated carbocycles. The first-order chi connectivity index (χ1) is 20.4. The molecular weight excluding hydrogens is 543 g/mol. The van der Waals surface area contributed by atoms with Gasteiger partial charge < -0.3 is 35.1 Å². The third-order valence-electron chi connectivity index (χ3n) is 6.88. The lowest BCUT2D eigenvalue weighted by molar-refractivity contribution is -0.129. The molecule has 4 N–H and O–H groups in total. The van der Waals surface area contributed by atoms with Gasteiger partial charge in [0.05, 0.1) is 5.69 Å². The number of hydrogen-bond donors (Lipinski definition) is 4. The van der Waals surface area contributed by atoms with Gasteiger partial charge in [0.1, 0.15) is 36.6 Å². The first kappa shape index (κ1) is 28.5. The number of rotatable bonds is 11. The number of nitrogens with one attached hydrogen (secondary N) is 4. The van der Waals surface area contributed by atoms with Crippen molar-refractivity contribution < 1.29 is 33.0 Å². The van der Waals surface area contributed by atoms with E-state index in [-0.39, 0.29) is 38.1 Å². The molecule has 0 unspecified atom stereocenters. The van der Waals surface area contributed by atoms with E-state index in [4.69, 9.17) is 14.2 Å². The third kappa shape index (κ3) is 6.80. The first-order valence-corrected chi connectivity index (χ1v) is 13.6. The third-order valence-corrected chi connectivity index (χ3v) is 6.88. The van der Waals surface area contributed by atoms with E-state index in [1.165, 1.54) is 19.2 Å². The highest BCUT2D eigenvalue weighted by molar-refractivity contribution is 5.93. The quantitative estimate of drug-likeness (QED) is 0.199. The second-order valence-electron chi connectivity index (χ2n) is 9.77. The highest BCUT2D eigenvalue weighted by atomic mass is 19.1. The topological polar surface area (TPSA) is 131 Å². The molecule has 5 rings (SSSR count). The summed E-state index contributed by atoms with van der Waals surface area (Å²) < 4.78 is 30.5. The number of aromatic amines is 1. The van der Waals surface area contributed by atoms with E-state index >= 15 is 0 Å². The molecule has 0 spiro atoms. The van der Waals surface area contributed by atoms with Crippen molar-refractivity contribution in [2.24, 2.45) is 0 Å². The Hall–Kier alpha value is -5.06. The van der Waals surface area contributed by atoms with Gasteiger partial charge >= 0.3 is 6.09 Å². The number of halogens is 1. The Morgan fingerprint density at radius 1 is 1.07 bits per heavy atom. The number of carbonyl (C=O) groups is 3. The Bertz CT molecular complexity index is 1590.